The summed E-state index contributed by atoms with van der Waals surface area (Å²) in [5.41, 5.74) is 2.94. The van der Waals surface area contributed by atoms with Crippen LogP contribution in [0.25, 0.3) is 0 Å². The van der Waals surface area contributed by atoms with Gasteiger partial charge in [0.05, 0.1) is 0 Å². The number of nitrogens with two attached hydrogens (primary N) is 1. The van der Waals surface area contributed by atoms with Gasteiger partial charge in [-0.15, -0.1) is 6.58 Å². The third-order valence-electron chi connectivity index (χ3n) is 3.26. The summed E-state index contributed by atoms with van der Waals surface area (Å²) in [5, 5.41) is 0. The average molecular weight is 212 g/mol. The maximum atomic E-state index is 5.62. The van der Waals surface area contributed by atoms with Crippen molar-refractivity contribution in [3.63, 3.8) is 0 Å². The molecule has 0 spiro atoms. The number of hydrogen-bond donors (Lipinski definition) is 2. The molecule has 1 fully saturated rings. The molecular formula is C11H24N4. The Labute approximate surface area is 93.1 Å². The Morgan fingerprint density at radius 3 is 2.87 bits per heavy atom. The van der Waals surface area contributed by atoms with Crippen molar-refractivity contribution in [2.75, 3.05) is 33.7 Å². The van der Waals surface area contributed by atoms with E-state index in [1.165, 1.54) is 0 Å². The Hall–Kier alpha value is -0.420. The molecule has 1 rings (SSSR count). The second-order valence-electron chi connectivity index (χ2n) is 4.45. The highest BCUT2D eigenvalue weighted by Crippen LogP contribution is 2.13. The summed E-state index contributed by atoms with van der Waals surface area (Å²) in [4.78, 5) is 4.76. The first-order chi connectivity index (χ1) is 7.19. The third-order valence-corrected chi connectivity index (χ3v) is 3.26. The van der Waals surface area contributed by atoms with Gasteiger partial charge in [-0.05, 0) is 26.9 Å². The molecule has 2 atom stereocenters. The molecule has 1 aliphatic heterocycles. The van der Waals surface area contributed by atoms with E-state index < -0.39 is 0 Å². The first kappa shape index (κ1) is 12.6. The van der Waals surface area contributed by atoms with Gasteiger partial charge in [0, 0.05) is 31.7 Å². The zero-order valence-corrected chi connectivity index (χ0v) is 9.95. The van der Waals surface area contributed by atoms with Crippen LogP contribution in [-0.4, -0.2) is 55.6 Å². The largest absolute Gasteiger partial charge is 0.303 e. The molecule has 0 amide bonds. The lowest BCUT2D eigenvalue weighted by atomic mass is 10.00. The van der Waals surface area contributed by atoms with Gasteiger partial charge >= 0.3 is 0 Å². The van der Waals surface area contributed by atoms with Crippen molar-refractivity contribution in [3.8, 4) is 0 Å². The Balaban J connectivity index is 2.51. The minimum atomic E-state index is 0.357. The Morgan fingerprint density at radius 2 is 2.27 bits per heavy atom. The fourth-order valence-electron chi connectivity index (χ4n) is 2.16. The highest BCUT2D eigenvalue weighted by molar-refractivity contribution is 4.89. The summed E-state index contributed by atoms with van der Waals surface area (Å²) in [5.74, 6) is 5.62. The Kier molecular flexibility index (Phi) is 5.25. The molecule has 0 saturated carbocycles. The number of nitrogens with one attached hydrogen (secondary N) is 1. The van der Waals surface area contributed by atoms with Crippen molar-refractivity contribution >= 4 is 0 Å². The van der Waals surface area contributed by atoms with E-state index in [4.69, 9.17) is 5.84 Å². The second-order valence-corrected chi connectivity index (χ2v) is 4.45. The summed E-state index contributed by atoms with van der Waals surface area (Å²) >= 11 is 0. The monoisotopic (exact) mass is 212 g/mol. The van der Waals surface area contributed by atoms with E-state index in [-0.39, 0.29) is 0 Å². The highest BCUT2D eigenvalue weighted by atomic mass is 15.3. The van der Waals surface area contributed by atoms with Crippen molar-refractivity contribution in [3.05, 3.63) is 12.7 Å². The first-order valence-electron chi connectivity index (χ1n) is 5.64. The molecule has 0 bridgehead atoms. The van der Waals surface area contributed by atoms with E-state index in [1.54, 1.807) is 0 Å². The van der Waals surface area contributed by atoms with Crippen LogP contribution in [0.15, 0.2) is 12.7 Å². The summed E-state index contributed by atoms with van der Waals surface area (Å²) in [7, 11) is 4.34. The van der Waals surface area contributed by atoms with Crippen LogP contribution in [0.2, 0.25) is 0 Å². The molecule has 0 aromatic carbocycles. The number of piperazine rings is 1. The predicted molar refractivity (Wildman–Crippen MR) is 64.5 cm³/mol. The van der Waals surface area contributed by atoms with Crippen molar-refractivity contribution in [2.24, 2.45) is 5.84 Å². The van der Waals surface area contributed by atoms with Crippen LogP contribution in [-0.2, 0) is 0 Å². The number of likely N-dealkylation sites (N-methyl/N-ethyl adjacent to an activating group) is 2. The van der Waals surface area contributed by atoms with E-state index in [1.807, 2.05) is 6.08 Å². The van der Waals surface area contributed by atoms with Gasteiger partial charge in [0.1, 0.15) is 0 Å². The zero-order valence-electron chi connectivity index (χ0n) is 9.95. The van der Waals surface area contributed by atoms with E-state index in [9.17, 15) is 0 Å². The normalized spacial score (nSPS) is 26.5. The minimum Gasteiger partial charge on any atom is -0.303 e. The minimum absolute atomic E-state index is 0.357. The third kappa shape index (κ3) is 3.57. The first-order valence-corrected chi connectivity index (χ1v) is 5.64. The Morgan fingerprint density at radius 1 is 1.53 bits per heavy atom. The zero-order chi connectivity index (χ0) is 11.3. The molecule has 1 heterocycles. The molecule has 1 saturated heterocycles. The van der Waals surface area contributed by atoms with Gasteiger partial charge in [-0.25, -0.2) is 0 Å². The van der Waals surface area contributed by atoms with Crippen LogP contribution in [0.4, 0.5) is 0 Å². The van der Waals surface area contributed by atoms with Crippen LogP contribution in [0.1, 0.15) is 12.8 Å². The molecule has 1 aliphatic rings. The summed E-state index contributed by atoms with van der Waals surface area (Å²) in [6, 6.07) is 0.865. The number of hydrogen-bond acceptors (Lipinski definition) is 4. The molecule has 0 aromatic rings. The van der Waals surface area contributed by atoms with Crippen LogP contribution in [0.5, 0.6) is 0 Å². The highest BCUT2D eigenvalue weighted by Gasteiger charge is 2.28. The van der Waals surface area contributed by atoms with Gasteiger partial charge < -0.3 is 4.90 Å². The molecule has 88 valence electrons. The topological polar surface area (TPSA) is 44.5 Å². The fourth-order valence-corrected chi connectivity index (χ4v) is 2.16. The number of allylic oxidation sites excluding steroid dienone is 1. The molecule has 15 heavy (non-hydrogen) atoms. The van der Waals surface area contributed by atoms with Gasteiger partial charge in [-0.3, -0.25) is 16.2 Å². The SMILES string of the molecule is C=CCCC(NN)C1CN(C)CCN1C. The lowest BCUT2D eigenvalue weighted by Crippen LogP contribution is -2.59. The number of hydrazine groups is 1. The smallest absolute Gasteiger partial charge is 0.0387 e. The molecule has 0 aromatic heterocycles. The quantitative estimate of drug-likeness (QED) is 0.383. The molecule has 4 nitrogen and oxygen atoms in total. The maximum Gasteiger partial charge on any atom is 0.0387 e. The standard InChI is InChI=1S/C11H24N4/c1-4-5-6-10(13-12)11-9-14(2)7-8-15(11)3/h4,10-11,13H,1,5-9,12H2,2-3H3. The summed E-state index contributed by atoms with van der Waals surface area (Å²) in [6.07, 6.45) is 4.03. The molecule has 2 unspecified atom stereocenters. The van der Waals surface area contributed by atoms with E-state index >= 15 is 0 Å². The lowest BCUT2D eigenvalue weighted by molar-refractivity contribution is 0.0856. The molecule has 4 heteroatoms. The fraction of sp³-hybridized carbons (Fsp3) is 0.818. The Bertz CT molecular complexity index is 195. The average Bonchev–Trinajstić information content (AvgIpc) is 2.24. The van der Waals surface area contributed by atoms with Crippen molar-refractivity contribution in [1.82, 2.24) is 15.2 Å². The van der Waals surface area contributed by atoms with E-state index in [0.717, 1.165) is 32.5 Å². The van der Waals surface area contributed by atoms with Crippen LogP contribution in [0, 0.1) is 0 Å². The number of nitrogens with zero attached hydrogens (tertiary/aromatic N) is 2. The van der Waals surface area contributed by atoms with Gasteiger partial charge in [0.2, 0.25) is 0 Å². The lowest BCUT2D eigenvalue weighted by Gasteiger charge is -2.41. The van der Waals surface area contributed by atoms with Crippen molar-refractivity contribution in [1.29, 1.82) is 0 Å². The predicted octanol–water partition coefficient (Wildman–Crippen LogP) is 0.0303. The van der Waals surface area contributed by atoms with Crippen LogP contribution >= 0.6 is 0 Å². The van der Waals surface area contributed by atoms with E-state index in [0.29, 0.717) is 12.1 Å². The molecular weight excluding hydrogens is 188 g/mol. The van der Waals surface area contributed by atoms with Crippen LogP contribution in [0.3, 0.4) is 0 Å². The molecule has 3 N–H and O–H groups in total. The van der Waals surface area contributed by atoms with Gasteiger partial charge in [0.15, 0.2) is 0 Å². The van der Waals surface area contributed by atoms with Gasteiger partial charge in [-0.1, -0.05) is 6.08 Å². The van der Waals surface area contributed by atoms with Crippen molar-refractivity contribution < 1.29 is 0 Å². The second kappa shape index (κ2) is 6.23. The van der Waals surface area contributed by atoms with Crippen LogP contribution < -0.4 is 11.3 Å². The molecule has 0 radical (unpaired) electrons. The summed E-state index contributed by atoms with van der Waals surface area (Å²) in [6.45, 7) is 7.10. The maximum absolute atomic E-state index is 5.62. The number of rotatable bonds is 5. The van der Waals surface area contributed by atoms with Gasteiger partial charge in [-0.2, -0.15) is 0 Å². The van der Waals surface area contributed by atoms with E-state index in [2.05, 4.69) is 35.9 Å². The van der Waals surface area contributed by atoms with Crippen molar-refractivity contribution in [2.45, 2.75) is 24.9 Å². The van der Waals surface area contributed by atoms with Gasteiger partial charge in [0.25, 0.3) is 0 Å². The molecule has 0 aliphatic carbocycles. The summed E-state index contributed by atoms with van der Waals surface area (Å²) < 4.78 is 0.